The summed E-state index contributed by atoms with van der Waals surface area (Å²) in [6.07, 6.45) is 5.58. The molecule has 1 saturated heterocycles. The number of nitrogens with one attached hydrogen (secondary N) is 1. The maximum absolute atomic E-state index is 12.2. The number of hydrogen-bond donors (Lipinski definition) is 2. The van der Waals surface area contributed by atoms with Crippen LogP contribution in [0, 0.1) is 0 Å². The van der Waals surface area contributed by atoms with Gasteiger partial charge in [-0.1, -0.05) is 6.42 Å². The lowest BCUT2D eigenvalue weighted by molar-refractivity contribution is -0.137. The summed E-state index contributed by atoms with van der Waals surface area (Å²) in [6, 6.07) is 0.555. The zero-order valence-electron chi connectivity index (χ0n) is 12.2. The van der Waals surface area contributed by atoms with Gasteiger partial charge in [-0.25, -0.2) is 4.79 Å². The van der Waals surface area contributed by atoms with E-state index in [9.17, 15) is 9.59 Å². The summed E-state index contributed by atoms with van der Waals surface area (Å²) < 4.78 is 0. The Morgan fingerprint density at radius 3 is 2.65 bits per heavy atom. The van der Waals surface area contributed by atoms with Gasteiger partial charge >= 0.3 is 12.0 Å². The third kappa shape index (κ3) is 4.37. The standard InChI is InChI=1S/C14H25N3O3/c1-16-8-3-2-4-12(16)10-15-14(20)17(11-5-6-11)9-7-13(18)19/h11-12H,2-10H2,1H3,(H,15,20)(H,18,19). The lowest BCUT2D eigenvalue weighted by Crippen LogP contribution is -2.49. The van der Waals surface area contributed by atoms with Gasteiger partial charge in [0.25, 0.3) is 0 Å². The molecule has 2 rings (SSSR count). The Morgan fingerprint density at radius 1 is 1.30 bits per heavy atom. The first-order valence-corrected chi connectivity index (χ1v) is 7.54. The molecule has 6 nitrogen and oxygen atoms in total. The molecule has 6 heteroatoms. The van der Waals surface area contributed by atoms with E-state index in [0.29, 0.717) is 19.1 Å². The number of carbonyl (C=O) groups is 2. The number of hydrogen-bond acceptors (Lipinski definition) is 3. The number of likely N-dealkylation sites (tertiary alicyclic amines) is 1. The van der Waals surface area contributed by atoms with E-state index in [4.69, 9.17) is 5.11 Å². The third-order valence-electron chi connectivity index (χ3n) is 4.23. The average Bonchev–Trinajstić information content (AvgIpc) is 3.22. The van der Waals surface area contributed by atoms with Gasteiger partial charge in [-0.15, -0.1) is 0 Å². The SMILES string of the molecule is CN1CCCCC1CNC(=O)N(CCC(=O)O)C1CC1. The highest BCUT2D eigenvalue weighted by Crippen LogP contribution is 2.27. The van der Waals surface area contributed by atoms with Crippen LogP contribution in [-0.4, -0.2) is 65.7 Å². The van der Waals surface area contributed by atoms with E-state index < -0.39 is 5.97 Å². The van der Waals surface area contributed by atoms with Crippen molar-refractivity contribution in [2.24, 2.45) is 0 Å². The number of urea groups is 1. The molecule has 0 spiro atoms. The number of aliphatic carboxylic acids is 1. The van der Waals surface area contributed by atoms with E-state index in [0.717, 1.165) is 25.8 Å². The molecule has 1 aliphatic heterocycles. The predicted molar refractivity (Wildman–Crippen MR) is 75.6 cm³/mol. The summed E-state index contributed by atoms with van der Waals surface area (Å²) in [5.41, 5.74) is 0. The third-order valence-corrected chi connectivity index (χ3v) is 4.23. The number of carbonyl (C=O) groups excluding carboxylic acids is 1. The smallest absolute Gasteiger partial charge is 0.317 e. The summed E-state index contributed by atoms with van der Waals surface area (Å²) in [4.78, 5) is 26.8. The minimum atomic E-state index is -0.851. The second-order valence-electron chi connectivity index (χ2n) is 5.88. The summed E-state index contributed by atoms with van der Waals surface area (Å²) in [5.74, 6) is -0.851. The lowest BCUT2D eigenvalue weighted by Gasteiger charge is -2.33. The Hall–Kier alpha value is -1.30. The van der Waals surface area contributed by atoms with Crippen LogP contribution in [0.5, 0.6) is 0 Å². The summed E-state index contributed by atoms with van der Waals surface area (Å²) >= 11 is 0. The van der Waals surface area contributed by atoms with Crippen LogP contribution in [0.4, 0.5) is 4.79 Å². The molecule has 20 heavy (non-hydrogen) atoms. The van der Waals surface area contributed by atoms with Gasteiger partial charge in [0, 0.05) is 25.2 Å². The predicted octanol–water partition coefficient (Wildman–Crippen LogP) is 1.12. The number of likely N-dealkylation sites (N-methyl/N-ethyl adjacent to an activating group) is 1. The van der Waals surface area contributed by atoms with Gasteiger partial charge in [0.15, 0.2) is 0 Å². The fourth-order valence-corrected chi connectivity index (χ4v) is 2.76. The van der Waals surface area contributed by atoms with Crippen molar-refractivity contribution >= 4 is 12.0 Å². The molecule has 2 amide bonds. The highest BCUT2D eigenvalue weighted by molar-refractivity contribution is 5.76. The minimum Gasteiger partial charge on any atom is -0.481 e. The number of nitrogens with zero attached hydrogens (tertiary/aromatic N) is 2. The summed E-state index contributed by atoms with van der Waals surface area (Å²) in [7, 11) is 2.10. The van der Waals surface area contributed by atoms with Crippen molar-refractivity contribution in [2.75, 3.05) is 26.7 Å². The second kappa shape index (κ2) is 6.92. The fraction of sp³-hybridized carbons (Fsp3) is 0.857. The van der Waals surface area contributed by atoms with Crippen molar-refractivity contribution in [3.05, 3.63) is 0 Å². The molecule has 2 N–H and O–H groups in total. The molecule has 1 unspecified atom stereocenters. The van der Waals surface area contributed by atoms with Crippen LogP contribution in [0.25, 0.3) is 0 Å². The van der Waals surface area contributed by atoms with Gasteiger partial charge in [-0.3, -0.25) is 4.79 Å². The van der Waals surface area contributed by atoms with Gasteiger partial charge in [0.2, 0.25) is 0 Å². The number of carboxylic acid groups (broad SMARTS) is 1. The van der Waals surface area contributed by atoms with Crippen LogP contribution in [0.15, 0.2) is 0 Å². The fourth-order valence-electron chi connectivity index (χ4n) is 2.76. The van der Waals surface area contributed by atoms with Crippen molar-refractivity contribution in [1.82, 2.24) is 15.1 Å². The van der Waals surface area contributed by atoms with Crippen LogP contribution >= 0.6 is 0 Å². The molecule has 1 saturated carbocycles. The van der Waals surface area contributed by atoms with E-state index in [2.05, 4.69) is 17.3 Å². The molecule has 1 heterocycles. The highest BCUT2D eigenvalue weighted by Gasteiger charge is 2.33. The maximum atomic E-state index is 12.2. The molecular formula is C14H25N3O3. The monoisotopic (exact) mass is 283 g/mol. The topological polar surface area (TPSA) is 72.9 Å². The van der Waals surface area contributed by atoms with Crippen molar-refractivity contribution < 1.29 is 14.7 Å². The van der Waals surface area contributed by atoms with E-state index in [-0.39, 0.29) is 18.5 Å². The first-order chi connectivity index (χ1) is 9.58. The van der Waals surface area contributed by atoms with Crippen LogP contribution < -0.4 is 5.32 Å². The number of carboxylic acids is 1. The van der Waals surface area contributed by atoms with Crippen molar-refractivity contribution in [3.8, 4) is 0 Å². The molecule has 2 aliphatic rings. The van der Waals surface area contributed by atoms with Crippen LogP contribution in [0.2, 0.25) is 0 Å². The lowest BCUT2D eigenvalue weighted by atomic mass is 10.0. The molecular weight excluding hydrogens is 258 g/mol. The quantitative estimate of drug-likeness (QED) is 0.766. The van der Waals surface area contributed by atoms with Gasteiger partial charge in [-0.2, -0.15) is 0 Å². The number of piperidine rings is 1. The van der Waals surface area contributed by atoms with E-state index in [1.165, 1.54) is 12.8 Å². The Kier molecular flexibility index (Phi) is 5.23. The number of rotatable bonds is 6. The second-order valence-corrected chi connectivity index (χ2v) is 5.88. The van der Waals surface area contributed by atoms with E-state index >= 15 is 0 Å². The van der Waals surface area contributed by atoms with Crippen molar-refractivity contribution in [1.29, 1.82) is 0 Å². The van der Waals surface area contributed by atoms with Crippen LogP contribution in [-0.2, 0) is 4.79 Å². The van der Waals surface area contributed by atoms with Crippen molar-refractivity contribution in [3.63, 3.8) is 0 Å². The Balaban J connectivity index is 1.77. The maximum Gasteiger partial charge on any atom is 0.317 e. The molecule has 0 radical (unpaired) electrons. The van der Waals surface area contributed by atoms with Gasteiger partial charge in [0.05, 0.1) is 6.42 Å². The first kappa shape index (κ1) is 15.1. The largest absolute Gasteiger partial charge is 0.481 e. The summed E-state index contributed by atoms with van der Waals surface area (Å²) in [6.45, 7) is 2.06. The average molecular weight is 283 g/mol. The van der Waals surface area contributed by atoms with Crippen LogP contribution in [0.1, 0.15) is 38.5 Å². The summed E-state index contributed by atoms with van der Waals surface area (Å²) in [5, 5.41) is 11.7. The van der Waals surface area contributed by atoms with E-state index in [1.807, 2.05) is 0 Å². The molecule has 0 bridgehead atoms. The normalized spacial score (nSPS) is 23.4. The molecule has 114 valence electrons. The number of amides is 2. The zero-order valence-corrected chi connectivity index (χ0v) is 12.2. The Bertz CT molecular complexity index is 358. The molecule has 0 aromatic heterocycles. The highest BCUT2D eigenvalue weighted by atomic mass is 16.4. The van der Waals surface area contributed by atoms with Gasteiger partial charge in [-0.05, 0) is 39.3 Å². The van der Waals surface area contributed by atoms with Gasteiger partial charge < -0.3 is 20.2 Å². The van der Waals surface area contributed by atoms with Crippen molar-refractivity contribution in [2.45, 2.75) is 50.6 Å². The van der Waals surface area contributed by atoms with E-state index in [1.54, 1.807) is 4.90 Å². The minimum absolute atomic E-state index is 0.0211. The molecule has 0 aromatic carbocycles. The zero-order chi connectivity index (χ0) is 14.5. The van der Waals surface area contributed by atoms with Crippen LogP contribution in [0.3, 0.4) is 0 Å². The molecule has 0 aromatic rings. The molecule has 1 aliphatic carbocycles. The molecule has 2 fully saturated rings. The Labute approximate surface area is 120 Å². The first-order valence-electron chi connectivity index (χ1n) is 7.54. The molecule has 1 atom stereocenters. The van der Waals surface area contributed by atoms with Gasteiger partial charge in [0.1, 0.15) is 0 Å². The Morgan fingerprint density at radius 2 is 2.05 bits per heavy atom.